The summed E-state index contributed by atoms with van der Waals surface area (Å²) in [6.45, 7) is 0.525. The van der Waals surface area contributed by atoms with Gasteiger partial charge in [0.25, 0.3) is 0 Å². The molecule has 5 heteroatoms. The highest BCUT2D eigenvalue weighted by Gasteiger charge is 2.28. The average molecular weight is 157 g/mol. The lowest BCUT2D eigenvalue weighted by molar-refractivity contribution is -0.122. The van der Waals surface area contributed by atoms with Gasteiger partial charge in [-0.15, -0.1) is 0 Å². The van der Waals surface area contributed by atoms with E-state index in [9.17, 15) is 9.59 Å². The lowest BCUT2D eigenvalue weighted by atomic mass is 10.1. The first-order valence-electron chi connectivity index (χ1n) is 3.43. The van der Waals surface area contributed by atoms with Crippen LogP contribution in [0.1, 0.15) is 6.42 Å². The number of primary amides is 1. The van der Waals surface area contributed by atoms with E-state index in [1.807, 2.05) is 0 Å². The maximum Gasteiger partial charge on any atom is 0.317 e. The number of nitrogens with one attached hydrogen (secondary N) is 1. The molecule has 1 fully saturated rings. The summed E-state index contributed by atoms with van der Waals surface area (Å²) in [4.78, 5) is 23.0. The molecule has 3 N–H and O–H groups in total. The zero-order chi connectivity index (χ0) is 8.43. The van der Waals surface area contributed by atoms with Crippen molar-refractivity contribution >= 4 is 11.9 Å². The van der Waals surface area contributed by atoms with Gasteiger partial charge in [0.05, 0.1) is 0 Å². The predicted octanol–water partition coefficient (Wildman–Crippen LogP) is -1.11. The summed E-state index contributed by atoms with van der Waals surface area (Å²) in [7, 11) is 1.56. The van der Waals surface area contributed by atoms with E-state index in [1.54, 1.807) is 7.05 Å². The van der Waals surface area contributed by atoms with E-state index in [0.29, 0.717) is 13.0 Å². The standard InChI is InChI=1S/C6H11N3O2/c1-9-4(5(7)10)2-3-8-6(9)11/h4H,2-3H2,1H3,(H2,7,10)(H,8,11). The van der Waals surface area contributed by atoms with Crippen LogP contribution in [0, 0.1) is 0 Å². The van der Waals surface area contributed by atoms with Gasteiger partial charge in [-0.2, -0.15) is 0 Å². The van der Waals surface area contributed by atoms with Crippen molar-refractivity contribution in [1.29, 1.82) is 0 Å². The van der Waals surface area contributed by atoms with Gasteiger partial charge in [-0.05, 0) is 6.42 Å². The van der Waals surface area contributed by atoms with Crippen LogP contribution in [-0.2, 0) is 4.79 Å². The molecule has 0 radical (unpaired) electrons. The molecule has 1 saturated heterocycles. The van der Waals surface area contributed by atoms with E-state index in [0.717, 1.165) is 0 Å². The highest BCUT2D eigenvalue weighted by atomic mass is 16.2. The Morgan fingerprint density at radius 1 is 1.82 bits per heavy atom. The van der Waals surface area contributed by atoms with E-state index < -0.39 is 11.9 Å². The third-order valence-electron chi connectivity index (χ3n) is 1.81. The Hall–Kier alpha value is -1.26. The van der Waals surface area contributed by atoms with Crippen molar-refractivity contribution in [1.82, 2.24) is 10.2 Å². The van der Waals surface area contributed by atoms with Crippen LogP contribution in [0.15, 0.2) is 0 Å². The molecule has 62 valence electrons. The highest BCUT2D eigenvalue weighted by molar-refractivity contribution is 5.86. The van der Waals surface area contributed by atoms with Gasteiger partial charge in [0.1, 0.15) is 6.04 Å². The van der Waals surface area contributed by atoms with Crippen molar-refractivity contribution in [3.63, 3.8) is 0 Å². The van der Waals surface area contributed by atoms with Crippen molar-refractivity contribution in [2.24, 2.45) is 5.73 Å². The van der Waals surface area contributed by atoms with Crippen LogP contribution in [0.25, 0.3) is 0 Å². The summed E-state index contributed by atoms with van der Waals surface area (Å²) < 4.78 is 0. The van der Waals surface area contributed by atoms with E-state index >= 15 is 0 Å². The predicted molar refractivity (Wildman–Crippen MR) is 38.8 cm³/mol. The molecule has 11 heavy (non-hydrogen) atoms. The van der Waals surface area contributed by atoms with Crippen LogP contribution < -0.4 is 11.1 Å². The molecule has 0 spiro atoms. The summed E-state index contributed by atoms with van der Waals surface area (Å²) in [6.07, 6.45) is 0.595. The number of nitrogens with two attached hydrogens (primary N) is 1. The van der Waals surface area contributed by atoms with Gasteiger partial charge in [-0.25, -0.2) is 4.79 Å². The summed E-state index contributed by atoms with van der Waals surface area (Å²) in [6, 6.07) is -0.677. The number of likely N-dealkylation sites (N-methyl/N-ethyl adjacent to an activating group) is 1. The zero-order valence-electron chi connectivity index (χ0n) is 6.33. The maximum atomic E-state index is 10.9. The van der Waals surface area contributed by atoms with Crippen LogP contribution in [-0.4, -0.2) is 36.5 Å². The third kappa shape index (κ3) is 1.42. The molecule has 0 aliphatic carbocycles. The van der Waals surface area contributed by atoms with Crippen molar-refractivity contribution < 1.29 is 9.59 Å². The molecule has 5 nitrogen and oxygen atoms in total. The second-order valence-electron chi connectivity index (χ2n) is 2.55. The lowest BCUT2D eigenvalue weighted by Gasteiger charge is -2.30. The second-order valence-corrected chi connectivity index (χ2v) is 2.55. The molecule has 0 aromatic carbocycles. The Bertz CT molecular complexity index is 192. The number of urea groups is 1. The minimum Gasteiger partial charge on any atom is -0.368 e. The molecule has 1 rings (SSSR count). The molecule has 3 amide bonds. The molecule has 0 bridgehead atoms. The highest BCUT2D eigenvalue weighted by Crippen LogP contribution is 2.05. The Labute approximate surface area is 64.5 Å². The van der Waals surface area contributed by atoms with E-state index in [2.05, 4.69) is 5.32 Å². The molecule has 1 aliphatic heterocycles. The van der Waals surface area contributed by atoms with Crippen molar-refractivity contribution in [3.05, 3.63) is 0 Å². The van der Waals surface area contributed by atoms with Crippen LogP contribution in [0.3, 0.4) is 0 Å². The van der Waals surface area contributed by atoms with Crippen molar-refractivity contribution in [2.75, 3.05) is 13.6 Å². The molecule has 1 aliphatic rings. The second kappa shape index (κ2) is 2.77. The summed E-state index contributed by atoms with van der Waals surface area (Å²) in [5, 5.41) is 2.60. The molecule has 1 atom stereocenters. The summed E-state index contributed by atoms with van der Waals surface area (Å²) >= 11 is 0. The molecule has 0 aromatic heterocycles. The minimum atomic E-state index is -0.442. The van der Waals surface area contributed by atoms with E-state index in [1.165, 1.54) is 4.90 Å². The topological polar surface area (TPSA) is 75.4 Å². The van der Waals surface area contributed by atoms with Crippen LogP contribution in [0.5, 0.6) is 0 Å². The quantitative estimate of drug-likeness (QED) is 0.506. The smallest absolute Gasteiger partial charge is 0.317 e. The third-order valence-corrected chi connectivity index (χ3v) is 1.81. The first-order chi connectivity index (χ1) is 5.13. The SMILES string of the molecule is CN1C(=O)NCCC1C(N)=O. The van der Waals surface area contributed by atoms with Gasteiger partial charge < -0.3 is 16.0 Å². The number of hydrogen-bond donors (Lipinski definition) is 2. The molecule has 1 heterocycles. The largest absolute Gasteiger partial charge is 0.368 e. The van der Waals surface area contributed by atoms with Gasteiger partial charge in [0, 0.05) is 13.6 Å². The minimum absolute atomic E-state index is 0.236. The van der Waals surface area contributed by atoms with Crippen LogP contribution in [0.4, 0.5) is 4.79 Å². The monoisotopic (exact) mass is 157 g/mol. The first-order valence-corrected chi connectivity index (χ1v) is 3.43. The number of rotatable bonds is 1. The van der Waals surface area contributed by atoms with E-state index in [4.69, 9.17) is 5.73 Å². The lowest BCUT2D eigenvalue weighted by Crippen LogP contribution is -2.55. The van der Waals surface area contributed by atoms with Gasteiger partial charge in [0.15, 0.2) is 0 Å². The van der Waals surface area contributed by atoms with Gasteiger partial charge >= 0.3 is 6.03 Å². The molecule has 0 saturated carbocycles. The Balaban J connectivity index is 2.65. The normalized spacial score (nSPS) is 24.6. The molecular formula is C6H11N3O2. The van der Waals surface area contributed by atoms with Gasteiger partial charge in [-0.3, -0.25) is 4.79 Å². The van der Waals surface area contributed by atoms with Gasteiger partial charge in [-0.1, -0.05) is 0 Å². The number of carbonyl (C=O) groups excluding carboxylic acids is 2. The van der Waals surface area contributed by atoms with E-state index in [-0.39, 0.29) is 6.03 Å². The Morgan fingerprint density at radius 2 is 2.45 bits per heavy atom. The van der Waals surface area contributed by atoms with Crippen molar-refractivity contribution in [2.45, 2.75) is 12.5 Å². The fourth-order valence-electron chi connectivity index (χ4n) is 1.11. The maximum absolute atomic E-state index is 10.9. The Kier molecular flexibility index (Phi) is 1.98. The summed E-state index contributed by atoms with van der Waals surface area (Å²) in [5.74, 6) is -0.442. The summed E-state index contributed by atoms with van der Waals surface area (Å²) in [5.41, 5.74) is 5.06. The van der Waals surface area contributed by atoms with Gasteiger partial charge in [0.2, 0.25) is 5.91 Å². The fraction of sp³-hybridized carbons (Fsp3) is 0.667. The number of nitrogens with zero attached hydrogens (tertiary/aromatic N) is 1. The fourth-order valence-corrected chi connectivity index (χ4v) is 1.11. The first kappa shape index (κ1) is 7.84. The molecule has 0 aromatic rings. The molecular weight excluding hydrogens is 146 g/mol. The van der Waals surface area contributed by atoms with Crippen LogP contribution in [0.2, 0.25) is 0 Å². The number of amides is 3. The van der Waals surface area contributed by atoms with Crippen molar-refractivity contribution in [3.8, 4) is 0 Å². The number of hydrogen-bond acceptors (Lipinski definition) is 2. The number of carbonyl (C=O) groups is 2. The molecule has 1 unspecified atom stereocenters. The van der Waals surface area contributed by atoms with Crippen LogP contribution >= 0.6 is 0 Å². The Morgan fingerprint density at radius 3 is 2.91 bits per heavy atom. The average Bonchev–Trinajstić information content (AvgIpc) is 1.94. The zero-order valence-corrected chi connectivity index (χ0v) is 6.33.